The molecule has 4 aromatic rings. The van der Waals surface area contributed by atoms with E-state index in [9.17, 15) is 4.79 Å². The summed E-state index contributed by atoms with van der Waals surface area (Å²) in [4.78, 5) is 15.6. The van der Waals surface area contributed by atoms with Gasteiger partial charge in [-0.25, -0.2) is 0 Å². The van der Waals surface area contributed by atoms with Gasteiger partial charge in [-0.3, -0.25) is 9.69 Å². The third kappa shape index (κ3) is 5.99. The van der Waals surface area contributed by atoms with Gasteiger partial charge in [0.1, 0.15) is 0 Å². The number of hydrogen-bond donors (Lipinski definition) is 1. The molecule has 1 aliphatic rings. The van der Waals surface area contributed by atoms with Gasteiger partial charge >= 0.3 is 0 Å². The van der Waals surface area contributed by atoms with Crippen molar-refractivity contribution in [3.05, 3.63) is 143 Å². The van der Waals surface area contributed by atoms with Crippen LogP contribution in [0.4, 0.5) is 0 Å². The van der Waals surface area contributed by atoms with Crippen molar-refractivity contribution in [1.29, 1.82) is 0 Å². The molecule has 0 fully saturated rings. The van der Waals surface area contributed by atoms with E-state index in [2.05, 4.69) is 107 Å². The van der Waals surface area contributed by atoms with Gasteiger partial charge < -0.3 is 5.32 Å². The molecule has 5 rings (SSSR count). The second-order valence-electron chi connectivity index (χ2n) is 9.38. The van der Waals surface area contributed by atoms with Gasteiger partial charge in [-0.2, -0.15) is 0 Å². The Morgan fingerprint density at radius 2 is 1.11 bits per heavy atom. The quantitative estimate of drug-likeness (QED) is 0.289. The van der Waals surface area contributed by atoms with Crippen LogP contribution in [0.2, 0.25) is 0 Å². The lowest BCUT2D eigenvalue weighted by molar-refractivity contribution is -0.121. The molecule has 36 heavy (non-hydrogen) atoms. The third-order valence-electron chi connectivity index (χ3n) is 6.74. The number of hydrogen-bond acceptors (Lipinski definition) is 2. The smallest absolute Gasteiger partial charge is 0.220 e. The second kappa shape index (κ2) is 11.7. The first-order valence-corrected chi connectivity index (χ1v) is 12.7. The highest BCUT2D eigenvalue weighted by atomic mass is 16.1. The number of amides is 1. The Bertz CT molecular complexity index is 1220. The first kappa shape index (κ1) is 23.8. The zero-order valence-electron chi connectivity index (χ0n) is 20.5. The summed E-state index contributed by atoms with van der Waals surface area (Å²) < 4.78 is 0. The first-order valence-electron chi connectivity index (χ1n) is 12.7. The van der Waals surface area contributed by atoms with Crippen LogP contribution in [0, 0.1) is 0 Å². The SMILES string of the molecule is O=C(CCCN(Cc1ccccc1)Cc1ccccc1)NC1c2ccccc2C=Cc2ccccc21. The fourth-order valence-corrected chi connectivity index (χ4v) is 4.95. The summed E-state index contributed by atoms with van der Waals surface area (Å²) in [6, 6.07) is 37.6. The summed E-state index contributed by atoms with van der Waals surface area (Å²) >= 11 is 0. The number of benzene rings is 4. The zero-order chi connectivity index (χ0) is 24.6. The van der Waals surface area contributed by atoms with Gasteiger partial charge in [0.2, 0.25) is 5.91 Å². The van der Waals surface area contributed by atoms with Gasteiger partial charge in [-0.05, 0) is 46.3 Å². The Labute approximate surface area is 214 Å². The number of nitrogens with zero attached hydrogens (tertiary/aromatic N) is 1. The summed E-state index contributed by atoms with van der Waals surface area (Å²) in [5.74, 6) is 0.0888. The molecule has 1 amide bonds. The van der Waals surface area contributed by atoms with Crippen LogP contribution in [0.15, 0.2) is 109 Å². The van der Waals surface area contributed by atoms with E-state index in [1.165, 1.54) is 11.1 Å². The van der Waals surface area contributed by atoms with Crippen LogP contribution in [0.1, 0.15) is 52.3 Å². The Balaban J connectivity index is 1.25. The summed E-state index contributed by atoms with van der Waals surface area (Å²) in [5, 5.41) is 3.35. The zero-order valence-corrected chi connectivity index (χ0v) is 20.5. The standard InChI is InChI=1S/C33H32N2O/c36-32(34-33-30-18-9-7-16-28(30)21-22-29-17-8-10-19-31(29)33)20-11-23-35(24-26-12-3-1-4-13-26)25-27-14-5-2-6-15-27/h1-10,12-19,21-22,33H,11,20,23-25H2,(H,34,36). The number of rotatable bonds is 9. The van der Waals surface area contributed by atoms with Crippen LogP contribution >= 0.6 is 0 Å². The Morgan fingerprint density at radius 3 is 1.64 bits per heavy atom. The molecule has 0 aromatic heterocycles. The molecule has 3 heteroatoms. The van der Waals surface area contributed by atoms with Crippen molar-refractivity contribution in [1.82, 2.24) is 10.2 Å². The van der Waals surface area contributed by atoms with Crippen molar-refractivity contribution in [2.75, 3.05) is 6.54 Å². The van der Waals surface area contributed by atoms with Gasteiger partial charge in [0.25, 0.3) is 0 Å². The maximum Gasteiger partial charge on any atom is 0.220 e. The van der Waals surface area contributed by atoms with Crippen LogP contribution in [0.5, 0.6) is 0 Å². The molecule has 1 aliphatic carbocycles. The number of carbonyl (C=O) groups excluding carboxylic acids is 1. The van der Waals surface area contributed by atoms with E-state index in [1.807, 2.05) is 24.3 Å². The molecular weight excluding hydrogens is 440 g/mol. The largest absolute Gasteiger partial charge is 0.345 e. The normalized spacial score (nSPS) is 12.6. The number of fused-ring (bicyclic) bond motifs is 2. The highest BCUT2D eigenvalue weighted by Crippen LogP contribution is 2.32. The Hall–Kier alpha value is -3.95. The van der Waals surface area contributed by atoms with E-state index in [-0.39, 0.29) is 11.9 Å². The topological polar surface area (TPSA) is 32.3 Å². The minimum atomic E-state index is -0.148. The molecule has 0 saturated carbocycles. The highest BCUT2D eigenvalue weighted by Gasteiger charge is 2.22. The molecule has 4 aromatic carbocycles. The third-order valence-corrected chi connectivity index (χ3v) is 6.74. The second-order valence-corrected chi connectivity index (χ2v) is 9.38. The highest BCUT2D eigenvalue weighted by molar-refractivity contribution is 5.80. The lowest BCUT2D eigenvalue weighted by atomic mass is 9.94. The fraction of sp³-hybridized carbons (Fsp3) is 0.182. The van der Waals surface area contributed by atoms with Crippen molar-refractivity contribution in [2.24, 2.45) is 0 Å². The molecule has 0 atom stereocenters. The van der Waals surface area contributed by atoms with E-state index in [0.717, 1.165) is 48.3 Å². The molecule has 0 bridgehead atoms. The minimum Gasteiger partial charge on any atom is -0.345 e. The maximum atomic E-state index is 13.2. The molecule has 0 spiro atoms. The molecule has 0 unspecified atom stereocenters. The van der Waals surface area contributed by atoms with Gasteiger partial charge in [-0.1, -0.05) is 121 Å². The summed E-state index contributed by atoms with van der Waals surface area (Å²) in [7, 11) is 0. The van der Waals surface area contributed by atoms with Crippen LogP contribution in [0.25, 0.3) is 12.2 Å². The van der Waals surface area contributed by atoms with Gasteiger partial charge in [0.15, 0.2) is 0 Å². The monoisotopic (exact) mass is 472 g/mol. The first-order chi connectivity index (χ1) is 17.8. The Morgan fingerprint density at radius 1 is 0.639 bits per heavy atom. The fourth-order valence-electron chi connectivity index (χ4n) is 4.95. The summed E-state index contributed by atoms with van der Waals surface area (Å²) in [5.41, 5.74) is 7.16. The predicted molar refractivity (Wildman–Crippen MR) is 148 cm³/mol. The van der Waals surface area contributed by atoms with E-state index in [0.29, 0.717) is 6.42 Å². The van der Waals surface area contributed by atoms with Crippen molar-refractivity contribution >= 4 is 18.1 Å². The van der Waals surface area contributed by atoms with Crippen LogP contribution in [-0.2, 0) is 17.9 Å². The van der Waals surface area contributed by atoms with E-state index in [1.54, 1.807) is 0 Å². The van der Waals surface area contributed by atoms with Gasteiger partial charge in [0, 0.05) is 19.5 Å². The van der Waals surface area contributed by atoms with Crippen molar-refractivity contribution in [3.8, 4) is 0 Å². The molecular formula is C33H32N2O. The lowest BCUT2D eigenvalue weighted by Crippen LogP contribution is -2.31. The Kier molecular flexibility index (Phi) is 7.70. The van der Waals surface area contributed by atoms with Crippen LogP contribution in [0.3, 0.4) is 0 Å². The predicted octanol–water partition coefficient (Wildman–Crippen LogP) is 6.86. The molecule has 0 aliphatic heterocycles. The summed E-state index contributed by atoms with van der Waals surface area (Å²) in [6.07, 6.45) is 5.59. The van der Waals surface area contributed by atoms with Crippen molar-refractivity contribution in [2.45, 2.75) is 32.0 Å². The molecule has 0 saturated heterocycles. The molecule has 0 heterocycles. The van der Waals surface area contributed by atoms with Gasteiger partial charge in [0.05, 0.1) is 6.04 Å². The average molecular weight is 473 g/mol. The van der Waals surface area contributed by atoms with E-state index >= 15 is 0 Å². The van der Waals surface area contributed by atoms with Gasteiger partial charge in [-0.15, -0.1) is 0 Å². The molecule has 3 nitrogen and oxygen atoms in total. The lowest BCUT2D eigenvalue weighted by Gasteiger charge is -2.24. The van der Waals surface area contributed by atoms with Crippen molar-refractivity contribution in [3.63, 3.8) is 0 Å². The molecule has 180 valence electrons. The van der Waals surface area contributed by atoms with Crippen LogP contribution in [-0.4, -0.2) is 17.4 Å². The van der Waals surface area contributed by atoms with Crippen molar-refractivity contribution < 1.29 is 4.79 Å². The minimum absolute atomic E-state index is 0.0888. The average Bonchev–Trinajstić information content (AvgIpc) is 3.07. The summed E-state index contributed by atoms with van der Waals surface area (Å²) in [6.45, 7) is 2.59. The molecule has 0 radical (unpaired) electrons. The van der Waals surface area contributed by atoms with Crippen LogP contribution < -0.4 is 5.32 Å². The number of carbonyl (C=O) groups is 1. The van der Waals surface area contributed by atoms with E-state index < -0.39 is 0 Å². The van der Waals surface area contributed by atoms with E-state index in [4.69, 9.17) is 0 Å². The molecule has 1 N–H and O–H groups in total. The number of nitrogens with one attached hydrogen (secondary N) is 1. The maximum absolute atomic E-state index is 13.2.